The minimum atomic E-state index is 0.744. The molecule has 2 aromatic rings. The van der Waals surface area contributed by atoms with Gasteiger partial charge in [-0.25, -0.2) is 9.97 Å². The van der Waals surface area contributed by atoms with Gasteiger partial charge in [0.15, 0.2) is 0 Å². The van der Waals surface area contributed by atoms with Crippen LogP contribution >= 0.6 is 0 Å². The third-order valence-electron chi connectivity index (χ3n) is 3.66. The third-order valence-corrected chi connectivity index (χ3v) is 3.66. The average molecular weight is 286 g/mol. The smallest absolute Gasteiger partial charge is 0.137 e. The van der Waals surface area contributed by atoms with Crippen molar-refractivity contribution < 1.29 is 0 Å². The molecule has 0 atom stereocenters. The van der Waals surface area contributed by atoms with E-state index in [-0.39, 0.29) is 0 Å². The van der Waals surface area contributed by atoms with Gasteiger partial charge in [0.25, 0.3) is 0 Å². The highest BCUT2D eigenvalue weighted by molar-refractivity contribution is 5.91. The number of rotatable bonds is 8. The van der Waals surface area contributed by atoms with Crippen molar-refractivity contribution in [3.05, 3.63) is 24.5 Å². The minimum absolute atomic E-state index is 0.744. The van der Waals surface area contributed by atoms with Crippen LogP contribution in [0.15, 0.2) is 24.5 Å². The first kappa shape index (κ1) is 15.5. The highest BCUT2D eigenvalue weighted by Crippen LogP contribution is 2.21. The van der Waals surface area contributed by atoms with Gasteiger partial charge in [0, 0.05) is 17.6 Å². The molecule has 0 aliphatic heterocycles. The predicted octanol–water partition coefficient (Wildman–Crippen LogP) is 4.23. The first-order chi connectivity index (χ1) is 10.2. The van der Waals surface area contributed by atoms with Gasteiger partial charge in [0.2, 0.25) is 0 Å². The van der Waals surface area contributed by atoms with Crippen LogP contribution in [-0.2, 0) is 0 Å². The standard InChI is InChI=1S/C17H26N4/c1-13(2)7-5-3-4-6-10-19-17-15-11-14(18)8-9-16(15)20-12-21-17/h8-9,11-13H,3-7,10,18H2,1-2H3,(H,19,20,21). The first-order valence-corrected chi connectivity index (χ1v) is 7.91. The number of hydrogen-bond donors (Lipinski definition) is 2. The van der Waals surface area contributed by atoms with Crippen molar-refractivity contribution in [1.82, 2.24) is 9.97 Å². The molecule has 0 saturated heterocycles. The maximum atomic E-state index is 5.84. The molecule has 21 heavy (non-hydrogen) atoms. The molecular weight excluding hydrogens is 260 g/mol. The zero-order chi connectivity index (χ0) is 15.1. The Kier molecular flexibility index (Phi) is 5.78. The van der Waals surface area contributed by atoms with Crippen LogP contribution in [0.1, 0.15) is 46.0 Å². The minimum Gasteiger partial charge on any atom is -0.399 e. The van der Waals surface area contributed by atoms with Gasteiger partial charge in [-0.15, -0.1) is 0 Å². The number of nitrogens with zero attached hydrogens (tertiary/aromatic N) is 2. The van der Waals surface area contributed by atoms with Crippen LogP contribution in [0.3, 0.4) is 0 Å². The van der Waals surface area contributed by atoms with Crippen molar-refractivity contribution in [2.75, 3.05) is 17.6 Å². The van der Waals surface area contributed by atoms with Crippen molar-refractivity contribution in [2.45, 2.75) is 46.0 Å². The fourth-order valence-corrected chi connectivity index (χ4v) is 2.45. The summed E-state index contributed by atoms with van der Waals surface area (Å²) < 4.78 is 0. The van der Waals surface area contributed by atoms with E-state index in [0.717, 1.165) is 34.9 Å². The average Bonchev–Trinajstić information content (AvgIpc) is 2.46. The molecule has 0 fully saturated rings. The molecule has 1 aromatic carbocycles. The van der Waals surface area contributed by atoms with E-state index < -0.39 is 0 Å². The van der Waals surface area contributed by atoms with Gasteiger partial charge < -0.3 is 11.1 Å². The van der Waals surface area contributed by atoms with Crippen LogP contribution in [-0.4, -0.2) is 16.5 Å². The molecule has 4 heteroatoms. The van der Waals surface area contributed by atoms with Crippen LogP contribution < -0.4 is 11.1 Å². The lowest BCUT2D eigenvalue weighted by Gasteiger charge is -2.09. The van der Waals surface area contributed by atoms with Crippen LogP contribution in [0, 0.1) is 5.92 Å². The predicted molar refractivity (Wildman–Crippen MR) is 90.4 cm³/mol. The largest absolute Gasteiger partial charge is 0.399 e. The second-order valence-corrected chi connectivity index (χ2v) is 6.02. The topological polar surface area (TPSA) is 63.8 Å². The molecule has 1 aromatic heterocycles. The summed E-state index contributed by atoms with van der Waals surface area (Å²) in [5, 5.41) is 4.41. The van der Waals surface area contributed by atoms with Gasteiger partial charge in [-0.05, 0) is 30.5 Å². The fourth-order valence-electron chi connectivity index (χ4n) is 2.45. The van der Waals surface area contributed by atoms with E-state index >= 15 is 0 Å². The summed E-state index contributed by atoms with van der Waals surface area (Å²) >= 11 is 0. The van der Waals surface area contributed by atoms with Crippen molar-refractivity contribution in [2.24, 2.45) is 5.92 Å². The Balaban J connectivity index is 1.80. The Morgan fingerprint density at radius 1 is 1.10 bits per heavy atom. The molecule has 114 valence electrons. The summed E-state index contributed by atoms with van der Waals surface area (Å²) in [6, 6.07) is 5.73. The van der Waals surface area contributed by atoms with Crippen molar-refractivity contribution in [3.8, 4) is 0 Å². The molecule has 4 nitrogen and oxygen atoms in total. The Morgan fingerprint density at radius 2 is 1.90 bits per heavy atom. The summed E-state index contributed by atoms with van der Waals surface area (Å²) in [6.45, 7) is 5.52. The Labute approximate surface area is 127 Å². The second kappa shape index (κ2) is 7.81. The van der Waals surface area contributed by atoms with Gasteiger partial charge in [0.05, 0.1) is 5.52 Å². The third kappa shape index (κ3) is 4.88. The highest BCUT2D eigenvalue weighted by atomic mass is 15.0. The van der Waals surface area contributed by atoms with E-state index in [1.54, 1.807) is 6.33 Å². The molecule has 0 spiro atoms. The van der Waals surface area contributed by atoms with Gasteiger partial charge in [-0.1, -0.05) is 39.5 Å². The van der Waals surface area contributed by atoms with Crippen LogP contribution in [0.25, 0.3) is 10.9 Å². The quantitative estimate of drug-likeness (QED) is 0.563. The van der Waals surface area contributed by atoms with Crippen LogP contribution in [0.2, 0.25) is 0 Å². The van der Waals surface area contributed by atoms with Gasteiger partial charge in [-0.3, -0.25) is 0 Å². The fraction of sp³-hybridized carbons (Fsp3) is 0.529. The molecule has 0 saturated carbocycles. The molecule has 0 bridgehead atoms. The Morgan fingerprint density at radius 3 is 2.71 bits per heavy atom. The number of benzene rings is 1. The molecule has 0 amide bonds. The molecule has 0 aliphatic carbocycles. The molecule has 0 radical (unpaired) electrons. The summed E-state index contributed by atoms with van der Waals surface area (Å²) in [5.41, 5.74) is 7.52. The van der Waals surface area contributed by atoms with E-state index in [2.05, 4.69) is 29.1 Å². The van der Waals surface area contributed by atoms with Crippen LogP contribution in [0.4, 0.5) is 11.5 Å². The number of aromatic nitrogens is 2. The normalized spacial score (nSPS) is 11.2. The molecule has 1 heterocycles. The van der Waals surface area contributed by atoms with Gasteiger partial charge in [0.1, 0.15) is 12.1 Å². The summed E-state index contributed by atoms with van der Waals surface area (Å²) in [4.78, 5) is 8.59. The first-order valence-electron chi connectivity index (χ1n) is 7.91. The number of fused-ring (bicyclic) bond motifs is 1. The van der Waals surface area contributed by atoms with E-state index in [0.29, 0.717) is 0 Å². The molecule has 3 N–H and O–H groups in total. The highest BCUT2D eigenvalue weighted by Gasteiger charge is 2.03. The van der Waals surface area contributed by atoms with Crippen molar-refractivity contribution in [1.29, 1.82) is 0 Å². The van der Waals surface area contributed by atoms with Crippen molar-refractivity contribution in [3.63, 3.8) is 0 Å². The number of anilines is 2. The van der Waals surface area contributed by atoms with E-state index in [1.165, 1.54) is 32.1 Å². The van der Waals surface area contributed by atoms with E-state index in [9.17, 15) is 0 Å². The van der Waals surface area contributed by atoms with E-state index in [1.807, 2.05) is 18.2 Å². The number of nitrogen functional groups attached to an aromatic ring is 1. The lowest BCUT2D eigenvalue weighted by molar-refractivity contribution is 0.523. The second-order valence-electron chi connectivity index (χ2n) is 6.02. The molecule has 0 aliphatic rings. The molecular formula is C17H26N4. The van der Waals surface area contributed by atoms with Crippen LogP contribution in [0.5, 0.6) is 0 Å². The number of nitrogens with two attached hydrogens (primary N) is 1. The zero-order valence-corrected chi connectivity index (χ0v) is 13.1. The van der Waals surface area contributed by atoms with Gasteiger partial charge >= 0.3 is 0 Å². The number of hydrogen-bond acceptors (Lipinski definition) is 4. The lowest BCUT2D eigenvalue weighted by atomic mass is 10.0. The SMILES string of the molecule is CC(C)CCCCCCNc1ncnc2ccc(N)cc12. The molecule has 0 unspecified atom stereocenters. The number of unbranched alkanes of at least 4 members (excludes halogenated alkanes) is 3. The monoisotopic (exact) mass is 286 g/mol. The maximum Gasteiger partial charge on any atom is 0.137 e. The lowest BCUT2D eigenvalue weighted by Crippen LogP contribution is -2.04. The molecule has 2 rings (SSSR count). The van der Waals surface area contributed by atoms with Crippen molar-refractivity contribution >= 4 is 22.4 Å². The summed E-state index contributed by atoms with van der Waals surface area (Å²) in [5.74, 6) is 1.70. The van der Waals surface area contributed by atoms with E-state index in [4.69, 9.17) is 5.73 Å². The number of nitrogens with one attached hydrogen (secondary N) is 1. The summed E-state index contributed by atoms with van der Waals surface area (Å²) in [7, 11) is 0. The Bertz CT molecular complexity index is 566. The maximum absolute atomic E-state index is 5.84. The Hall–Kier alpha value is -1.84. The zero-order valence-electron chi connectivity index (χ0n) is 13.1. The van der Waals surface area contributed by atoms with Gasteiger partial charge in [-0.2, -0.15) is 0 Å². The summed E-state index contributed by atoms with van der Waals surface area (Å²) in [6.07, 6.45) is 8.03.